The highest BCUT2D eigenvalue weighted by molar-refractivity contribution is 7.99. The summed E-state index contributed by atoms with van der Waals surface area (Å²) in [6, 6.07) is 0. The van der Waals surface area contributed by atoms with E-state index in [1.165, 1.54) is 11.8 Å². The van der Waals surface area contributed by atoms with E-state index in [1.807, 2.05) is 4.90 Å². The number of hydrogen-bond donors (Lipinski definition) is 1. The number of amides is 1. The fraction of sp³-hybridized carbons (Fsp3) is 0.643. The first-order valence-corrected chi connectivity index (χ1v) is 8.21. The van der Waals surface area contributed by atoms with E-state index in [4.69, 9.17) is 0 Å². The zero-order valence-corrected chi connectivity index (χ0v) is 12.8. The number of aliphatic hydroxyl groups excluding tert-OH is 1. The van der Waals surface area contributed by atoms with Crippen LogP contribution >= 0.6 is 11.8 Å². The third-order valence-corrected chi connectivity index (χ3v) is 5.28. The minimum atomic E-state index is -0.287. The zero-order valence-electron chi connectivity index (χ0n) is 12.0. The van der Waals surface area contributed by atoms with Gasteiger partial charge in [0.1, 0.15) is 0 Å². The normalized spacial score (nSPS) is 23.0. The number of thioether (sulfide) groups is 1. The van der Waals surface area contributed by atoms with Crippen LogP contribution in [0.4, 0.5) is 0 Å². The molecule has 7 heteroatoms. The van der Waals surface area contributed by atoms with E-state index >= 15 is 0 Å². The molecular weight excluding hydrogens is 290 g/mol. The highest BCUT2D eigenvalue weighted by atomic mass is 32.2. The van der Waals surface area contributed by atoms with Crippen molar-refractivity contribution in [1.29, 1.82) is 0 Å². The van der Waals surface area contributed by atoms with Crippen LogP contribution in [0.25, 0.3) is 0 Å². The van der Waals surface area contributed by atoms with E-state index in [0.29, 0.717) is 48.9 Å². The van der Waals surface area contributed by atoms with Gasteiger partial charge < -0.3 is 10.0 Å². The molecule has 0 radical (unpaired) electrons. The molecule has 0 spiro atoms. The van der Waals surface area contributed by atoms with Crippen LogP contribution in [0, 0.1) is 12.8 Å². The number of aryl methyl sites for hydroxylation is 1. The van der Waals surface area contributed by atoms with Crippen molar-refractivity contribution in [2.45, 2.75) is 37.6 Å². The lowest BCUT2D eigenvalue weighted by molar-refractivity contribution is -0.137. The highest BCUT2D eigenvalue weighted by Gasteiger charge is 2.31. The van der Waals surface area contributed by atoms with Gasteiger partial charge in [0.2, 0.25) is 5.91 Å². The van der Waals surface area contributed by atoms with Crippen molar-refractivity contribution in [2.75, 3.05) is 18.8 Å². The van der Waals surface area contributed by atoms with Gasteiger partial charge in [0.05, 0.1) is 12.0 Å². The van der Waals surface area contributed by atoms with Crippen LogP contribution < -0.4 is 5.56 Å². The summed E-state index contributed by atoms with van der Waals surface area (Å²) in [5.41, 5.74) is 0.549. The number of carbonyl (C=O) groups is 1. The third kappa shape index (κ3) is 2.85. The van der Waals surface area contributed by atoms with Crippen LogP contribution in [0.5, 0.6) is 0 Å². The van der Waals surface area contributed by atoms with Gasteiger partial charge in [0.15, 0.2) is 5.16 Å². The van der Waals surface area contributed by atoms with Gasteiger partial charge in [-0.15, -0.1) is 0 Å². The maximum atomic E-state index is 12.6. The smallest absolute Gasteiger partial charge is 0.257 e. The quantitative estimate of drug-likeness (QED) is 0.753. The molecule has 3 rings (SSSR count). The van der Waals surface area contributed by atoms with Crippen molar-refractivity contribution in [1.82, 2.24) is 14.5 Å². The topological polar surface area (TPSA) is 75.4 Å². The number of aliphatic hydroxyl groups is 1. The Balaban J connectivity index is 1.75. The SMILES string of the molecule is Cc1cnc2n(c1=O)CC(C(=O)N1CCC(O)CC1)CS2. The monoisotopic (exact) mass is 309 g/mol. The lowest BCUT2D eigenvalue weighted by atomic mass is 10.0. The summed E-state index contributed by atoms with van der Waals surface area (Å²) in [5, 5.41) is 10.2. The summed E-state index contributed by atoms with van der Waals surface area (Å²) in [6.07, 6.45) is 2.59. The fourth-order valence-electron chi connectivity index (χ4n) is 2.79. The average Bonchev–Trinajstić information content (AvgIpc) is 2.51. The molecule has 2 aliphatic heterocycles. The Morgan fingerprint density at radius 3 is 2.86 bits per heavy atom. The maximum Gasteiger partial charge on any atom is 0.257 e. The molecule has 1 aromatic rings. The van der Waals surface area contributed by atoms with E-state index < -0.39 is 0 Å². The molecule has 1 fully saturated rings. The minimum Gasteiger partial charge on any atom is -0.393 e. The zero-order chi connectivity index (χ0) is 15.0. The molecule has 1 N–H and O–H groups in total. The lowest BCUT2D eigenvalue weighted by Crippen LogP contribution is -2.46. The van der Waals surface area contributed by atoms with E-state index in [1.54, 1.807) is 17.7 Å². The Labute approximate surface area is 127 Å². The number of carbonyl (C=O) groups excluding carboxylic acids is 1. The Hall–Kier alpha value is -1.34. The first kappa shape index (κ1) is 14.6. The van der Waals surface area contributed by atoms with Gasteiger partial charge in [0, 0.05) is 37.1 Å². The molecule has 1 aromatic heterocycles. The molecule has 3 heterocycles. The van der Waals surface area contributed by atoms with E-state index in [0.717, 1.165) is 0 Å². The Morgan fingerprint density at radius 1 is 1.43 bits per heavy atom. The molecule has 1 unspecified atom stereocenters. The van der Waals surface area contributed by atoms with Crippen LogP contribution in [0.3, 0.4) is 0 Å². The summed E-state index contributed by atoms with van der Waals surface area (Å²) in [7, 11) is 0. The molecular formula is C14H19N3O3S. The van der Waals surface area contributed by atoms with Crippen molar-refractivity contribution in [2.24, 2.45) is 5.92 Å². The molecule has 0 aromatic carbocycles. The van der Waals surface area contributed by atoms with E-state index in [-0.39, 0.29) is 23.5 Å². The van der Waals surface area contributed by atoms with Crippen molar-refractivity contribution in [3.05, 3.63) is 22.1 Å². The van der Waals surface area contributed by atoms with Gasteiger partial charge in [-0.25, -0.2) is 4.98 Å². The number of piperidine rings is 1. The molecule has 0 saturated carbocycles. The summed E-state index contributed by atoms with van der Waals surface area (Å²) in [6.45, 7) is 3.36. The first-order valence-electron chi connectivity index (χ1n) is 7.22. The Kier molecular flexibility index (Phi) is 4.03. The number of nitrogens with zero attached hydrogens (tertiary/aromatic N) is 3. The molecule has 0 aliphatic carbocycles. The lowest BCUT2D eigenvalue weighted by Gasteiger charge is -2.34. The number of hydrogen-bond acceptors (Lipinski definition) is 5. The van der Waals surface area contributed by atoms with Crippen molar-refractivity contribution in [3.8, 4) is 0 Å². The molecule has 2 aliphatic rings. The predicted octanol–water partition coefficient (Wildman–Crippen LogP) is 0.257. The summed E-state index contributed by atoms with van der Waals surface area (Å²) in [5.74, 6) is 0.570. The standard InChI is InChI=1S/C14H19N3O3S/c1-9-6-15-14-17(12(9)19)7-10(8-21-14)13(20)16-4-2-11(18)3-5-16/h6,10-11,18H,2-5,7-8H2,1H3. The van der Waals surface area contributed by atoms with E-state index in [2.05, 4.69) is 4.98 Å². The Bertz CT molecular complexity index is 608. The van der Waals surface area contributed by atoms with Gasteiger partial charge in [-0.2, -0.15) is 0 Å². The number of fused-ring (bicyclic) bond motifs is 1. The molecule has 6 nitrogen and oxygen atoms in total. The third-order valence-electron chi connectivity index (χ3n) is 4.12. The van der Waals surface area contributed by atoms with Crippen LogP contribution in [-0.4, -0.2) is 50.4 Å². The summed E-state index contributed by atoms with van der Waals surface area (Å²) >= 11 is 1.47. The predicted molar refractivity (Wildman–Crippen MR) is 79.3 cm³/mol. The second-order valence-corrected chi connectivity index (χ2v) is 6.69. The van der Waals surface area contributed by atoms with Gasteiger partial charge in [0.25, 0.3) is 5.56 Å². The van der Waals surface area contributed by atoms with Gasteiger partial charge in [-0.1, -0.05) is 11.8 Å². The van der Waals surface area contributed by atoms with Gasteiger partial charge in [-0.05, 0) is 19.8 Å². The maximum absolute atomic E-state index is 12.6. The van der Waals surface area contributed by atoms with Crippen molar-refractivity contribution in [3.63, 3.8) is 0 Å². The molecule has 0 bridgehead atoms. The number of rotatable bonds is 1. The number of likely N-dealkylation sites (tertiary alicyclic amines) is 1. The highest BCUT2D eigenvalue weighted by Crippen LogP contribution is 2.26. The summed E-state index contributed by atoms with van der Waals surface area (Å²) < 4.78 is 1.62. The summed E-state index contributed by atoms with van der Waals surface area (Å²) in [4.78, 5) is 30.8. The second-order valence-electron chi connectivity index (χ2n) is 5.70. The first-order chi connectivity index (χ1) is 10.1. The largest absolute Gasteiger partial charge is 0.393 e. The van der Waals surface area contributed by atoms with Gasteiger partial charge in [-0.3, -0.25) is 14.2 Å². The second kappa shape index (κ2) is 5.81. The molecule has 1 saturated heterocycles. The van der Waals surface area contributed by atoms with Crippen LogP contribution in [-0.2, 0) is 11.3 Å². The fourth-order valence-corrected chi connectivity index (χ4v) is 3.83. The Morgan fingerprint density at radius 2 is 2.14 bits per heavy atom. The minimum absolute atomic E-state index is 0.0564. The molecule has 114 valence electrons. The molecule has 1 amide bonds. The van der Waals surface area contributed by atoms with Crippen LogP contribution in [0.2, 0.25) is 0 Å². The van der Waals surface area contributed by atoms with E-state index in [9.17, 15) is 14.7 Å². The molecule has 1 atom stereocenters. The van der Waals surface area contributed by atoms with Crippen LogP contribution in [0.1, 0.15) is 18.4 Å². The van der Waals surface area contributed by atoms with Crippen LogP contribution in [0.15, 0.2) is 16.1 Å². The average molecular weight is 309 g/mol. The molecule has 21 heavy (non-hydrogen) atoms. The number of aromatic nitrogens is 2. The van der Waals surface area contributed by atoms with Crippen molar-refractivity contribution >= 4 is 17.7 Å². The van der Waals surface area contributed by atoms with Gasteiger partial charge >= 0.3 is 0 Å². The van der Waals surface area contributed by atoms with Crippen molar-refractivity contribution < 1.29 is 9.90 Å².